The van der Waals surface area contributed by atoms with E-state index in [2.05, 4.69) is 21.5 Å². The summed E-state index contributed by atoms with van der Waals surface area (Å²) in [5.74, 6) is 0.0381. The number of amides is 1. The molecule has 0 aromatic heterocycles. The van der Waals surface area contributed by atoms with Gasteiger partial charge < -0.3 is 10.1 Å². The largest absolute Gasteiger partial charge is 0.466 e. The molecule has 2 aliphatic rings. The number of carbonyl (C=O) groups excluding carboxylic acids is 2. The lowest BCUT2D eigenvalue weighted by molar-refractivity contribution is -0.144. The number of esters is 1. The zero-order valence-corrected chi connectivity index (χ0v) is 20.1. The van der Waals surface area contributed by atoms with E-state index in [4.69, 9.17) is 4.74 Å². The highest BCUT2D eigenvalue weighted by molar-refractivity contribution is 6.04. The molecule has 0 bridgehead atoms. The van der Waals surface area contributed by atoms with Crippen LogP contribution in [-0.4, -0.2) is 42.8 Å². The Bertz CT molecular complexity index is 1010. The lowest BCUT2D eigenvalue weighted by Crippen LogP contribution is -2.19. The third-order valence-electron chi connectivity index (χ3n) is 6.68. The first-order valence-corrected chi connectivity index (χ1v) is 12.6. The van der Waals surface area contributed by atoms with Crippen LogP contribution in [0.25, 0.3) is 0 Å². The number of nitrogens with one attached hydrogen (secondary N) is 1. The third kappa shape index (κ3) is 6.69. The van der Waals surface area contributed by atoms with Crippen LogP contribution in [0.1, 0.15) is 72.5 Å². The summed E-state index contributed by atoms with van der Waals surface area (Å²) in [6, 6.07) is 13.7. The lowest BCUT2D eigenvalue weighted by Gasteiger charge is -2.24. The van der Waals surface area contributed by atoms with Crippen LogP contribution < -0.4 is 5.32 Å². The van der Waals surface area contributed by atoms with E-state index >= 15 is 0 Å². The van der Waals surface area contributed by atoms with Crippen LogP contribution in [-0.2, 0) is 22.4 Å². The molecule has 1 unspecified atom stereocenters. The summed E-state index contributed by atoms with van der Waals surface area (Å²) in [5.41, 5.74) is 4.89. The first kappa shape index (κ1) is 24.0. The van der Waals surface area contributed by atoms with E-state index in [-0.39, 0.29) is 11.9 Å². The monoisotopic (exact) mass is 461 g/mol. The standard InChI is InChI=1S/C28H35N3O3/c1-2-34-27(32)18-22-9-10-23-13-14-26(19-25(23)17-22)30-28(33)24-11-7-21(8-12-24)20-29-31-15-5-3-4-6-16-31/h7-8,11-14,19-20,22H,2-6,9-10,15-18H2,1H3,(H,30,33). The Morgan fingerprint density at radius 2 is 1.82 bits per heavy atom. The van der Waals surface area contributed by atoms with Crippen molar-refractivity contribution in [3.8, 4) is 0 Å². The van der Waals surface area contributed by atoms with Crippen molar-refractivity contribution in [2.24, 2.45) is 11.0 Å². The summed E-state index contributed by atoms with van der Waals surface area (Å²) >= 11 is 0. The summed E-state index contributed by atoms with van der Waals surface area (Å²) in [7, 11) is 0. The summed E-state index contributed by atoms with van der Waals surface area (Å²) in [5, 5.41) is 9.77. The predicted molar refractivity (Wildman–Crippen MR) is 135 cm³/mol. The number of rotatable bonds is 7. The van der Waals surface area contributed by atoms with Gasteiger partial charge in [0.15, 0.2) is 0 Å². The Labute approximate surface area is 202 Å². The van der Waals surface area contributed by atoms with Gasteiger partial charge in [-0.1, -0.05) is 31.0 Å². The van der Waals surface area contributed by atoms with E-state index in [0.717, 1.165) is 43.6 Å². The van der Waals surface area contributed by atoms with Gasteiger partial charge in [-0.2, -0.15) is 5.10 Å². The summed E-state index contributed by atoms with van der Waals surface area (Å²) in [4.78, 5) is 24.7. The molecule has 0 spiro atoms. The average Bonchev–Trinajstić information content (AvgIpc) is 3.12. The molecule has 2 aromatic carbocycles. The third-order valence-corrected chi connectivity index (χ3v) is 6.68. The van der Waals surface area contributed by atoms with Crippen LogP contribution in [0.2, 0.25) is 0 Å². The highest BCUT2D eigenvalue weighted by Crippen LogP contribution is 2.30. The number of benzene rings is 2. The Morgan fingerprint density at radius 1 is 1.06 bits per heavy atom. The van der Waals surface area contributed by atoms with Crippen molar-refractivity contribution in [3.05, 3.63) is 64.7 Å². The number of hydrogen-bond donors (Lipinski definition) is 1. The number of carbonyl (C=O) groups is 2. The molecular formula is C28H35N3O3. The quantitative estimate of drug-likeness (QED) is 0.454. The van der Waals surface area contributed by atoms with Gasteiger partial charge in [-0.3, -0.25) is 14.6 Å². The second-order valence-electron chi connectivity index (χ2n) is 9.29. The van der Waals surface area contributed by atoms with Gasteiger partial charge in [0.05, 0.1) is 12.8 Å². The zero-order chi connectivity index (χ0) is 23.8. The minimum absolute atomic E-state index is 0.125. The molecule has 1 N–H and O–H groups in total. The molecule has 1 fully saturated rings. The lowest BCUT2D eigenvalue weighted by atomic mass is 9.82. The number of fused-ring (bicyclic) bond motifs is 1. The van der Waals surface area contributed by atoms with Crippen molar-refractivity contribution >= 4 is 23.8 Å². The van der Waals surface area contributed by atoms with Crippen molar-refractivity contribution < 1.29 is 14.3 Å². The highest BCUT2D eigenvalue weighted by Gasteiger charge is 2.22. The van der Waals surface area contributed by atoms with E-state index in [9.17, 15) is 9.59 Å². The van der Waals surface area contributed by atoms with Gasteiger partial charge in [0, 0.05) is 30.8 Å². The van der Waals surface area contributed by atoms with Gasteiger partial charge in [0.25, 0.3) is 5.91 Å². The van der Waals surface area contributed by atoms with E-state index in [1.54, 1.807) is 0 Å². The maximum absolute atomic E-state index is 12.8. The number of hydrogen-bond acceptors (Lipinski definition) is 5. The summed E-state index contributed by atoms with van der Waals surface area (Å²) < 4.78 is 5.11. The van der Waals surface area contributed by atoms with Crippen molar-refractivity contribution in [3.63, 3.8) is 0 Å². The van der Waals surface area contributed by atoms with E-state index in [1.165, 1.54) is 36.8 Å². The van der Waals surface area contributed by atoms with Crippen molar-refractivity contribution in [1.29, 1.82) is 0 Å². The molecule has 1 aliphatic heterocycles. The van der Waals surface area contributed by atoms with Crippen LogP contribution in [0.3, 0.4) is 0 Å². The van der Waals surface area contributed by atoms with Gasteiger partial charge >= 0.3 is 5.97 Å². The molecule has 0 radical (unpaired) electrons. The van der Waals surface area contributed by atoms with E-state index < -0.39 is 0 Å². The average molecular weight is 462 g/mol. The van der Waals surface area contributed by atoms with Gasteiger partial charge in [-0.25, -0.2) is 0 Å². The van der Waals surface area contributed by atoms with E-state index in [1.807, 2.05) is 49.5 Å². The fourth-order valence-electron chi connectivity index (χ4n) is 4.78. The second kappa shape index (κ2) is 11.8. The van der Waals surface area contributed by atoms with Crippen LogP contribution >= 0.6 is 0 Å². The molecule has 0 saturated carbocycles. The van der Waals surface area contributed by atoms with Crippen LogP contribution in [0.5, 0.6) is 0 Å². The summed E-state index contributed by atoms with van der Waals surface area (Å²) in [6.07, 6.45) is 10.1. The SMILES string of the molecule is CCOC(=O)CC1CCc2ccc(NC(=O)c3ccc(C=NN4CCCCCC4)cc3)cc2C1. The first-order valence-electron chi connectivity index (χ1n) is 12.6. The molecule has 2 aromatic rings. The van der Waals surface area contributed by atoms with Crippen molar-refractivity contribution in [2.75, 3.05) is 25.0 Å². The normalized spacial score (nSPS) is 18.3. The molecule has 1 aliphatic carbocycles. The van der Waals surface area contributed by atoms with Crippen molar-refractivity contribution in [1.82, 2.24) is 5.01 Å². The Morgan fingerprint density at radius 3 is 2.56 bits per heavy atom. The fraction of sp³-hybridized carbons (Fsp3) is 0.464. The Kier molecular flexibility index (Phi) is 8.34. The molecule has 4 rings (SSSR count). The Hall–Kier alpha value is -3.15. The number of hydrazone groups is 1. The topological polar surface area (TPSA) is 71.0 Å². The van der Waals surface area contributed by atoms with E-state index in [0.29, 0.717) is 24.5 Å². The predicted octanol–water partition coefficient (Wildman–Crippen LogP) is 5.21. The molecule has 1 atom stereocenters. The van der Waals surface area contributed by atoms with Gasteiger partial charge in [-0.05, 0) is 85.9 Å². The second-order valence-corrected chi connectivity index (χ2v) is 9.29. The molecule has 34 heavy (non-hydrogen) atoms. The minimum atomic E-state index is -0.130. The molecule has 1 heterocycles. The maximum atomic E-state index is 12.8. The molecule has 1 saturated heterocycles. The minimum Gasteiger partial charge on any atom is -0.466 e. The zero-order valence-electron chi connectivity index (χ0n) is 20.1. The summed E-state index contributed by atoms with van der Waals surface area (Å²) in [6.45, 7) is 4.29. The van der Waals surface area contributed by atoms with Gasteiger partial charge in [0.1, 0.15) is 0 Å². The molecular weight excluding hydrogens is 426 g/mol. The maximum Gasteiger partial charge on any atom is 0.306 e. The molecule has 6 heteroatoms. The Balaban J connectivity index is 1.34. The smallest absolute Gasteiger partial charge is 0.306 e. The first-order chi connectivity index (χ1) is 16.6. The van der Waals surface area contributed by atoms with Crippen molar-refractivity contribution in [2.45, 2.75) is 58.3 Å². The van der Waals surface area contributed by atoms with Crippen LogP contribution in [0.4, 0.5) is 5.69 Å². The number of anilines is 1. The number of ether oxygens (including phenoxy) is 1. The van der Waals surface area contributed by atoms with Crippen LogP contribution in [0, 0.1) is 5.92 Å². The molecule has 180 valence electrons. The van der Waals surface area contributed by atoms with Gasteiger partial charge in [-0.15, -0.1) is 0 Å². The fourth-order valence-corrected chi connectivity index (χ4v) is 4.78. The van der Waals surface area contributed by atoms with Gasteiger partial charge in [0.2, 0.25) is 0 Å². The molecule has 1 amide bonds. The molecule has 6 nitrogen and oxygen atoms in total. The van der Waals surface area contributed by atoms with Crippen LogP contribution in [0.15, 0.2) is 47.6 Å². The number of aryl methyl sites for hydroxylation is 1. The highest BCUT2D eigenvalue weighted by atomic mass is 16.5. The number of nitrogens with zero attached hydrogens (tertiary/aromatic N) is 2.